The molecule has 0 aromatic heterocycles. The molecule has 0 aromatic carbocycles. The predicted octanol–water partition coefficient (Wildman–Crippen LogP) is 12.0. The van der Waals surface area contributed by atoms with E-state index in [-0.39, 0.29) is 0 Å². The molecule has 0 unspecified atom stereocenters. The fourth-order valence-electron chi connectivity index (χ4n) is 3.83. The van der Waals surface area contributed by atoms with Crippen molar-refractivity contribution in [3.8, 4) is 0 Å². The largest absolute Gasteiger partial charge is 0.478 e. The van der Waals surface area contributed by atoms with Crippen LogP contribution in [-0.2, 0) is 9.59 Å². The summed E-state index contributed by atoms with van der Waals surface area (Å²) in [5.74, 6) is -1.86. The second-order valence-corrected chi connectivity index (χ2v) is 10.4. The average Bonchev–Trinajstić information content (AvgIpc) is 3.00. The van der Waals surface area contributed by atoms with Crippen molar-refractivity contribution in [3.05, 3.63) is 122 Å². The van der Waals surface area contributed by atoms with Gasteiger partial charge in [0.15, 0.2) is 0 Å². The molecule has 0 fully saturated rings. The molecule has 0 aliphatic heterocycles. The summed E-state index contributed by atoms with van der Waals surface area (Å²) in [7, 11) is 0. The van der Waals surface area contributed by atoms with Gasteiger partial charge in [-0.05, 0) is 25.7 Å². The lowest BCUT2D eigenvalue weighted by Gasteiger charge is -1.98. The van der Waals surface area contributed by atoms with E-state index < -0.39 is 11.9 Å². The lowest BCUT2D eigenvalue weighted by molar-refractivity contribution is -0.132. The van der Waals surface area contributed by atoms with Crippen molar-refractivity contribution in [1.82, 2.24) is 0 Å². The molecule has 4 heteroatoms. The van der Waals surface area contributed by atoms with Crippen LogP contribution < -0.4 is 0 Å². The highest BCUT2D eigenvalue weighted by atomic mass is 16.4. The van der Waals surface area contributed by atoms with Gasteiger partial charge in [-0.1, -0.05) is 200 Å². The Labute approximate surface area is 269 Å². The molecule has 0 bridgehead atoms. The van der Waals surface area contributed by atoms with Gasteiger partial charge in [0.05, 0.1) is 0 Å². The standard InChI is InChI=1S/2C20H30O2/c2*1-2-3-4-5-6-7-8-9-10-11-12-13-14-15-16-17-18-19-20(21)22/h2*10-19H,2-9H2,1H3,(H,21,22). The van der Waals surface area contributed by atoms with Crippen molar-refractivity contribution in [3.63, 3.8) is 0 Å². The first-order chi connectivity index (χ1) is 21.5. The van der Waals surface area contributed by atoms with E-state index in [2.05, 4.69) is 38.2 Å². The molecular weight excluding hydrogens is 544 g/mol. The van der Waals surface area contributed by atoms with E-state index >= 15 is 0 Å². The van der Waals surface area contributed by atoms with Crippen LogP contribution in [0.15, 0.2) is 122 Å². The summed E-state index contributed by atoms with van der Waals surface area (Å²) in [5, 5.41) is 16.8. The second-order valence-electron chi connectivity index (χ2n) is 10.4. The van der Waals surface area contributed by atoms with Crippen LogP contribution in [0.2, 0.25) is 0 Å². The maximum atomic E-state index is 10.2. The first-order valence-electron chi connectivity index (χ1n) is 16.7. The lowest BCUT2D eigenvalue weighted by Crippen LogP contribution is -1.84. The molecule has 244 valence electrons. The van der Waals surface area contributed by atoms with Crippen molar-refractivity contribution in [2.24, 2.45) is 0 Å². The highest BCUT2D eigenvalue weighted by molar-refractivity contribution is 5.80. The Morgan fingerprint density at radius 3 is 0.909 bits per heavy atom. The topological polar surface area (TPSA) is 74.6 Å². The Hall–Kier alpha value is -3.66. The normalized spacial score (nSPS) is 12.8. The predicted molar refractivity (Wildman–Crippen MR) is 192 cm³/mol. The molecule has 0 aromatic rings. The molecule has 0 saturated carbocycles. The summed E-state index contributed by atoms with van der Waals surface area (Å²) in [6.45, 7) is 4.50. The lowest BCUT2D eigenvalue weighted by atomic mass is 10.1. The van der Waals surface area contributed by atoms with Crippen LogP contribution in [0.25, 0.3) is 0 Å². The third-order valence-electron chi connectivity index (χ3n) is 6.25. The number of unbranched alkanes of at least 4 members (excludes halogenated alkanes) is 14. The Balaban J connectivity index is 0. The van der Waals surface area contributed by atoms with Crippen LogP contribution in [0.1, 0.15) is 117 Å². The fourth-order valence-corrected chi connectivity index (χ4v) is 3.83. The summed E-state index contributed by atoms with van der Waals surface area (Å²) >= 11 is 0. The van der Waals surface area contributed by atoms with Crippen molar-refractivity contribution in [2.75, 3.05) is 0 Å². The molecule has 0 atom stereocenters. The number of allylic oxidation sites excluding steroid dienone is 18. The SMILES string of the molecule is CCCCCCCCCC=CC=CC=CC=CC=CC(=O)O.CCCCCCCCCC=CC=CC=CC=CC=CC(=O)O. The summed E-state index contributed by atoms with van der Waals surface area (Å²) < 4.78 is 0. The molecule has 0 radical (unpaired) electrons. The number of aliphatic carboxylic acids is 2. The van der Waals surface area contributed by atoms with E-state index in [4.69, 9.17) is 10.2 Å². The minimum absolute atomic E-state index is 0.931. The van der Waals surface area contributed by atoms with Crippen LogP contribution in [-0.4, -0.2) is 22.2 Å². The molecule has 0 heterocycles. The molecule has 0 saturated heterocycles. The van der Waals surface area contributed by atoms with E-state index in [0.29, 0.717) is 0 Å². The van der Waals surface area contributed by atoms with Crippen LogP contribution in [0.4, 0.5) is 0 Å². The monoisotopic (exact) mass is 604 g/mol. The first-order valence-corrected chi connectivity index (χ1v) is 16.7. The third-order valence-corrected chi connectivity index (χ3v) is 6.25. The summed E-state index contributed by atoms with van der Waals surface area (Å²) in [4.78, 5) is 20.4. The molecule has 0 spiro atoms. The van der Waals surface area contributed by atoms with Crippen molar-refractivity contribution in [2.45, 2.75) is 117 Å². The van der Waals surface area contributed by atoms with E-state index in [1.54, 1.807) is 24.3 Å². The van der Waals surface area contributed by atoms with Crippen LogP contribution in [0, 0.1) is 0 Å². The first kappa shape index (κ1) is 42.5. The fraction of sp³-hybridized carbons (Fsp3) is 0.450. The minimum Gasteiger partial charge on any atom is -0.478 e. The van der Waals surface area contributed by atoms with E-state index in [0.717, 1.165) is 25.0 Å². The maximum Gasteiger partial charge on any atom is 0.328 e. The quantitative estimate of drug-likeness (QED) is 0.0585. The Morgan fingerprint density at radius 2 is 0.614 bits per heavy atom. The molecule has 0 rings (SSSR count). The van der Waals surface area contributed by atoms with Gasteiger partial charge >= 0.3 is 11.9 Å². The molecule has 0 aliphatic carbocycles. The Kier molecular flexibility index (Phi) is 38.0. The Bertz CT molecular complexity index is 874. The average molecular weight is 605 g/mol. The smallest absolute Gasteiger partial charge is 0.328 e. The van der Waals surface area contributed by atoms with E-state index in [9.17, 15) is 9.59 Å². The molecular formula is C40H60O4. The number of carbonyl (C=O) groups is 2. The highest BCUT2D eigenvalue weighted by Crippen LogP contribution is 2.09. The molecule has 0 amide bonds. The number of carboxylic acid groups (broad SMARTS) is 2. The minimum atomic E-state index is -0.931. The highest BCUT2D eigenvalue weighted by Gasteiger charge is 1.90. The van der Waals surface area contributed by atoms with Crippen LogP contribution >= 0.6 is 0 Å². The zero-order valence-electron chi connectivity index (χ0n) is 27.6. The van der Waals surface area contributed by atoms with E-state index in [1.165, 1.54) is 102 Å². The summed E-state index contributed by atoms with van der Waals surface area (Å²) in [6, 6.07) is 0. The van der Waals surface area contributed by atoms with Gasteiger partial charge in [-0.25, -0.2) is 9.59 Å². The number of hydrogen-bond donors (Lipinski definition) is 2. The van der Waals surface area contributed by atoms with Gasteiger partial charge in [0.1, 0.15) is 0 Å². The molecule has 2 N–H and O–H groups in total. The summed E-state index contributed by atoms with van der Waals surface area (Å²) in [6.07, 6.45) is 57.5. The van der Waals surface area contributed by atoms with Gasteiger partial charge in [-0.15, -0.1) is 0 Å². The van der Waals surface area contributed by atoms with Gasteiger partial charge in [-0.3, -0.25) is 0 Å². The van der Waals surface area contributed by atoms with Gasteiger partial charge in [0.25, 0.3) is 0 Å². The number of carboxylic acids is 2. The van der Waals surface area contributed by atoms with Crippen molar-refractivity contribution in [1.29, 1.82) is 0 Å². The second kappa shape index (κ2) is 39.3. The van der Waals surface area contributed by atoms with Crippen molar-refractivity contribution < 1.29 is 19.8 Å². The van der Waals surface area contributed by atoms with Gasteiger partial charge in [-0.2, -0.15) is 0 Å². The number of hydrogen-bond acceptors (Lipinski definition) is 2. The Morgan fingerprint density at radius 1 is 0.364 bits per heavy atom. The zero-order chi connectivity index (χ0) is 32.6. The number of rotatable bonds is 26. The summed E-state index contributed by atoms with van der Waals surface area (Å²) in [5.41, 5.74) is 0. The molecule has 4 nitrogen and oxygen atoms in total. The zero-order valence-corrected chi connectivity index (χ0v) is 27.6. The van der Waals surface area contributed by atoms with Crippen LogP contribution in [0.5, 0.6) is 0 Å². The van der Waals surface area contributed by atoms with Gasteiger partial charge in [0, 0.05) is 12.2 Å². The van der Waals surface area contributed by atoms with Gasteiger partial charge < -0.3 is 10.2 Å². The van der Waals surface area contributed by atoms with Gasteiger partial charge in [0.2, 0.25) is 0 Å². The maximum absolute atomic E-state index is 10.2. The van der Waals surface area contributed by atoms with E-state index in [1.807, 2.05) is 48.6 Å². The third kappa shape index (κ3) is 45.3. The van der Waals surface area contributed by atoms with Crippen molar-refractivity contribution >= 4 is 11.9 Å². The molecule has 0 aliphatic rings. The van der Waals surface area contributed by atoms with Crippen LogP contribution in [0.3, 0.4) is 0 Å². The molecule has 44 heavy (non-hydrogen) atoms.